The highest BCUT2D eigenvalue weighted by Gasteiger charge is 2.40. The topological polar surface area (TPSA) is 77.9 Å². The predicted octanol–water partition coefficient (Wildman–Crippen LogP) is 0.711. The third-order valence-electron chi connectivity index (χ3n) is 4.66. The van der Waals surface area contributed by atoms with Gasteiger partial charge >= 0.3 is 5.97 Å². The van der Waals surface area contributed by atoms with E-state index in [0.29, 0.717) is 25.9 Å². The molecule has 0 aromatic carbocycles. The zero-order valence-corrected chi connectivity index (χ0v) is 12.2. The zero-order chi connectivity index (χ0) is 15.0. The number of aliphatic carboxylic acids is 1. The van der Waals surface area contributed by atoms with Crippen molar-refractivity contribution >= 4 is 17.8 Å². The zero-order valence-electron chi connectivity index (χ0n) is 12.2. The van der Waals surface area contributed by atoms with Crippen LogP contribution in [0.2, 0.25) is 0 Å². The number of hydrogen-bond donors (Lipinski definition) is 1. The summed E-state index contributed by atoms with van der Waals surface area (Å²) in [6, 6.07) is 0.125. The minimum atomic E-state index is -0.948. The smallest absolute Gasteiger partial charge is 0.323 e. The Morgan fingerprint density at radius 2 is 1.57 bits per heavy atom. The van der Waals surface area contributed by atoms with Gasteiger partial charge in [0.05, 0.1) is 0 Å². The highest BCUT2D eigenvalue weighted by Crippen LogP contribution is 2.34. The molecule has 0 unspecified atom stereocenters. The molecule has 1 aliphatic heterocycles. The van der Waals surface area contributed by atoms with Gasteiger partial charge in [0.25, 0.3) is 0 Å². The Kier molecular flexibility index (Phi) is 3.87. The first-order valence-corrected chi connectivity index (χ1v) is 7.87. The van der Waals surface area contributed by atoms with Gasteiger partial charge in [-0.05, 0) is 38.5 Å². The number of rotatable bonds is 5. The molecule has 0 atom stereocenters. The van der Waals surface area contributed by atoms with E-state index >= 15 is 0 Å². The Bertz CT molecular complexity index is 449. The van der Waals surface area contributed by atoms with E-state index in [0.717, 1.165) is 25.7 Å². The number of amides is 2. The molecule has 1 N–H and O–H groups in total. The molecule has 0 aromatic heterocycles. The maximum Gasteiger partial charge on any atom is 0.323 e. The van der Waals surface area contributed by atoms with Crippen LogP contribution in [0, 0.1) is 11.8 Å². The molecular formula is C15H22N2O4. The predicted molar refractivity (Wildman–Crippen MR) is 74.4 cm³/mol. The lowest BCUT2D eigenvalue weighted by Crippen LogP contribution is -2.46. The van der Waals surface area contributed by atoms with Crippen molar-refractivity contribution in [1.82, 2.24) is 9.80 Å². The van der Waals surface area contributed by atoms with Crippen molar-refractivity contribution in [1.29, 1.82) is 0 Å². The van der Waals surface area contributed by atoms with Crippen LogP contribution in [0.1, 0.15) is 38.5 Å². The van der Waals surface area contributed by atoms with Crippen molar-refractivity contribution in [2.24, 2.45) is 11.8 Å². The fraction of sp³-hybridized carbons (Fsp3) is 0.800. The van der Waals surface area contributed by atoms with Crippen LogP contribution in [-0.4, -0.2) is 58.4 Å². The summed E-state index contributed by atoms with van der Waals surface area (Å²) in [5.74, 6) is -0.624. The quantitative estimate of drug-likeness (QED) is 0.810. The summed E-state index contributed by atoms with van der Waals surface area (Å²) in [5, 5.41) is 8.94. The molecule has 0 aromatic rings. The normalized spacial score (nSPS) is 23.0. The Balaban J connectivity index is 1.53. The van der Waals surface area contributed by atoms with Gasteiger partial charge in [-0.3, -0.25) is 14.4 Å². The molecule has 3 fully saturated rings. The summed E-state index contributed by atoms with van der Waals surface area (Å²) in [6.45, 7) is 1.08. The van der Waals surface area contributed by atoms with E-state index in [-0.39, 0.29) is 36.2 Å². The second kappa shape index (κ2) is 5.66. The molecule has 116 valence electrons. The lowest BCUT2D eigenvalue weighted by molar-refractivity contribution is -0.148. The van der Waals surface area contributed by atoms with Crippen LogP contribution in [0.3, 0.4) is 0 Å². The number of hydrogen-bond acceptors (Lipinski definition) is 3. The first-order valence-electron chi connectivity index (χ1n) is 7.87. The van der Waals surface area contributed by atoms with Gasteiger partial charge in [-0.1, -0.05) is 0 Å². The fourth-order valence-electron chi connectivity index (χ4n) is 3.09. The SMILES string of the molecule is O=C(O)CN(C(=O)C1CCN(C(=O)C2CC2)CC1)C1CC1. The van der Waals surface area contributed by atoms with Crippen LogP contribution in [0.5, 0.6) is 0 Å². The molecule has 0 radical (unpaired) electrons. The number of piperidine rings is 1. The monoisotopic (exact) mass is 294 g/mol. The van der Waals surface area contributed by atoms with Crippen LogP contribution in [0.25, 0.3) is 0 Å². The molecule has 2 saturated carbocycles. The minimum absolute atomic E-state index is 0.0292. The second-order valence-corrected chi connectivity index (χ2v) is 6.46. The van der Waals surface area contributed by atoms with E-state index < -0.39 is 5.97 Å². The lowest BCUT2D eigenvalue weighted by atomic mass is 9.94. The van der Waals surface area contributed by atoms with E-state index in [4.69, 9.17) is 5.11 Å². The molecular weight excluding hydrogens is 272 g/mol. The van der Waals surface area contributed by atoms with E-state index in [2.05, 4.69) is 0 Å². The number of carbonyl (C=O) groups excluding carboxylic acids is 2. The second-order valence-electron chi connectivity index (χ2n) is 6.46. The van der Waals surface area contributed by atoms with Gasteiger partial charge in [0.15, 0.2) is 0 Å². The summed E-state index contributed by atoms with van der Waals surface area (Å²) in [6.07, 6.45) is 5.17. The summed E-state index contributed by atoms with van der Waals surface area (Å²) in [4.78, 5) is 38.8. The Labute approximate surface area is 124 Å². The average molecular weight is 294 g/mol. The van der Waals surface area contributed by atoms with Gasteiger partial charge in [-0.25, -0.2) is 0 Å². The van der Waals surface area contributed by atoms with Crippen LogP contribution in [0.4, 0.5) is 0 Å². The van der Waals surface area contributed by atoms with Crippen LogP contribution < -0.4 is 0 Å². The lowest BCUT2D eigenvalue weighted by Gasteiger charge is -2.34. The van der Waals surface area contributed by atoms with Crippen molar-refractivity contribution in [3.05, 3.63) is 0 Å². The van der Waals surface area contributed by atoms with Gasteiger partial charge in [-0.15, -0.1) is 0 Å². The number of likely N-dealkylation sites (tertiary alicyclic amines) is 1. The number of carboxylic acid groups (broad SMARTS) is 1. The van der Waals surface area contributed by atoms with E-state index in [1.165, 1.54) is 4.90 Å². The first-order chi connectivity index (χ1) is 10.1. The number of carboxylic acids is 1. The van der Waals surface area contributed by atoms with E-state index in [1.807, 2.05) is 4.90 Å². The molecule has 2 aliphatic carbocycles. The highest BCUT2D eigenvalue weighted by atomic mass is 16.4. The molecule has 6 nitrogen and oxygen atoms in total. The van der Waals surface area contributed by atoms with E-state index in [1.54, 1.807) is 0 Å². The van der Waals surface area contributed by atoms with Gasteiger partial charge < -0.3 is 14.9 Å². The number of carbonyl (C=O) groups is 3. The van der Waals surface area contributed by atoms with Gasteiger partial charge in [0.1, 0.15) is 6.54 Å². The van der Waals surface area contributed by atoms with Crippen molar-refractivity contribution in [2.45, 2.75) is 44.6 Å². The van der Waals surface area contributed by atoms with Gasteiger partial charge in [0.2, 0.25) is 11.8 Å². The van der Waals surface area contributed by atoms with Gasteiger partial charge in [0, 0.05) is 31.0 Å². The molecule has 6 heteroatoms. The van der Waals surface area contributed by atoms with Crippen molar-refractivity contribution in [3.63, 3.8) is 0 Å². The van der Waals surface area contributed by atoms with Crippen LogP contribution in [-0.2, 0) is 14.4 Å². The molecule has 3 aliphatic rings. The Morgan fingerprint density at radius 3 is 2.05 bits per heavy atom. The number of nitrogens with zero attached hydrogens (tertiary/aromatic N) is 2. The first kappa shape index (κ1) is 14.4. The Morgan fingerprint density at radius 1 is 0.952 bits per heavy atom. The van der Waals surface area contributed by atoms with Crippen LogP contribution in [0.15, 0.2) is 0 Å². The maximum atomic E-state index is 12.5. The molecule has 3 rings (SSSR count). The summed E-state index contributed by atoms with van der Waals surface area (Å²) < 4.78 is 0. The highest BCUT2D eigenvalue weighted by molar-refractivity contribution is 5.84. The third kappa shape index (κ3) is 3.36. The fourth-order valence-corrected chi connectivity index (χ4v) is 3.09. The maximum absolute atomic E-state index is 12.5. The molecule has 1 saturated heterocycles. The van der Waals surface area contributed by atoms with Crippen molar-refractivity contribution in [3.8, 4) is 0 Å². The Hall–Kier alpha value is -1.59. The third-order valence-corrected chi connectivity index (χ3v) is 4.66. The van der Waals surface area contributed by atoms with Crippen molar-refractivity contribution < 1.29 is 19.5 Å². The largest absolute Gasteiger partial charge is 0.480 e. The van der Waals surface area contributed by atoms with E-state index in [9.17, 15) is 14.4 Å². The summed E-state index contributed by atoms with van der Waals surface area (Å²) >= 11 is 0. The molecule has 21 heavy (non-hydrogen) atoms. The molecule has 0 bridgehead atoms. The minimum Gasteiger partial charge on any atom is -0.480 e. The van der Waals surface area contributed by atoms with Crippen molar-refractivity contribution in [2.75, 3.05) is 19.6 Å². The molecule has 2 amide bonds. The summed E-state index contributed by atoms with van der Waals surface area (Å²) in [5.41, 5.74) is 0. The molecule has 1 heterocycles. The average Bonchev–Trinajstić information content (AvgIpc) is 3.35. The molecule has 0 spiro atoms. The van der Waals surface area contributed by atoms with Crippen LogP contribution >= 0.6 is 0 Å². The van der Waals surface area contributed by atoms with Gasteiger partial charge in [-0.2, -0.15) is 0 Å². The summed E-state index contributed by atoms with van der Waals surface area (Å²) in [7, 11) is 0. The standard InChI is InChI=1S/C15H22N2O4/c18-13(19)9-17(12-3-4-12)15(21)11-5-7-16(8-6-11)14(20)10-1-2-10/h10-12H,1-9H2,(H,18,19).